The molecule has 3 nitrogen and oxygen atoms in total. The Bertz CT molecular complexity index is 402. The van der Waals surface area contributed by atoms with Crippen molar-refractivity contribution < 1.29 is 9.90 Å². The highest BCUT2D eigenvalue weighted by Gasteiger charge is 2.27. The molecular formula is C12H17NO2S. The molecule has 0 aliphatic heterocycles. The number of carboxylic acids is 1. The van der Waals surface area contributed by atoms with E-state index in [0.717, 1.165) is 16.1 Å². The molecule has 0 aliphatic carbocycles. The smallest absolute Gasteiger partial charge is 0.309 e. The van der Waals surface area contributed by atoms with Crippen LogP contribution in [0.2, 0.25) is 0 Å². The number of aliphatic carboxylic acids is 1. The summed E-state index contributed by atoms with van der Waals surface area (Å²) < 4.78 is 0. The van der Waals surface area contributed by atoms with Crippen LogP contribution < -0.4 is 5.73 Å². The molecule has 0 heterocycles. The summed E-state index contributed by atoms with van der Waals surface area (Å²) in [7, 11) is 0. The van der Waals surface area contributed by atoms with Crippen LogP contribution >= 0.6 is 11.8 Å². The van der Waals surface area contributed by atoms with Gasteiger partial charge in [-0.15, -0.1) is 11.8 Å². The molecule has 0 unspecified atom stereocenters. The minimum Gasteiger partial charge on any atom is -0.481 e. The molecule has 4 heteroatoms. The maximum absolute atomic E-state index is 10.9. The normalized spacial score (nSPS) is 11.4. The molecule has 0 atom stereocenters. The van der Waals surface area contributed by atoms with Crippen molar-refractivity contribution in [1.82, 2.24) is 0 Å². The molecule has 0 bridgehead atoms. The number of nitrogen functional groups attached to an aromatic ring is 1. The van der Waals surface area contributed by atoms with E-state index in [2.05, 4.69) is 0 Å². The number of benzene rings is 1. The van der Waals surface area contributed by atoms with Crippen LogP contribution in [0.15, 0.2) is 23.1 Å². The van der Waals surface area contributed by atoms with E-state index in [9.17, 15) is 4.79 Å². The Labute approximate surface area is 100 Å². The molecule has 0 spiro atoms. The van der Waals surface area contributed by atoms with Gasteiger partial charge in [0.1, 0.15) is 0 Å². The number of carbonyl (C=O) groups is 1. The highest BCUT2D eigenvalue weighted by molar-refractivity contribution is 7.99. The monoisotopic (exact) mass is 239 g/mol. The van der Waals surface area contributed by atoms with Gasteiger partial charge >= 0.3 is 5.97 Å². The van der Waals surface area contributed by atoms with E-state index >= 15 is 0 Å². The molecule has 1 rings (SSSR count). The Balaban J connectivity index is 2.76. The third-order valence-electron chi connectivity index (χ3n) is 2.45. The zero-order valence-corrected chi connectivity index (χ0v) is 10.6. The van der Waals surface area contributed by atoms with Crippen LogP contribution in [0.1, 0.15) is 19.4 Å². The molecule has 16 heavy (non-hydrogen) atoms. The van der Waals surface area contributed by atoms with Crippen LogP contribution in [0.5, 0.6) is 0 Å². The molecule has 0 aliphatic rings. The average molecular weight is 239 g/mol. The zero-order chi connectivity index (χ0) is 12.3. The number of thioether (sulfide) groups is 1. The van der Waals surface area contributed by atoms with Gasteiger partial charge in [-0.05, 0) is 32.4 Å². The van der Waals surface area contributed by atoms with E-state index in [4.69, 9.17) is 10.8 Å². The molecule has 0 aromatic heterocycles. The minimum absolute atomic E-state index is 0.510. The van der Waals surface area contributed by atoms with Gasteiger partial charge < -0.3 is 10.8 Å². The van der Waals surface area contributed by atoms with Crippen LogP contribution in [-0.4, -0.2) is 16.8 Å². The van der Waals surface area contributed by atoms with Crippen molar-refractivity contribution in [2.75, 3.05) is 11.5 Å². The summed E-state index contributed by atoms with van der Waals surface area (Å²) >= 11 is 1.49. The van der Waals surface area contributed by atoms with E-state index in [1.807, 2.05) is 25.1 Å². The quantitative estimate of drug-likeness (QED) is 0.626. The largest absolute Gasteiger partial charge is 0.481 e. The molecule has 88 valence electrons. The van der Waals surface area contributed by atoms with Crippen molar-refractivity contribution in [3.63, 3.8) is 0 Å². The van der Waals surface area contributed by atoms with Crippen molar-refractivity contribution in [3.05, 3.63) is 23.8 Å². The predicted octanol–water partition coefficient (Wildman–Crippen LogP) is 2.78. The second-order valence-corrected chi connectivity index (χ2v) is 5.48. The summed E-state index contributed by atoms with van der Waals surface area (Å²) in [6, 6.07) is 5.80. The summed E-state index contributed by atoms with van der Waals surface area (Å²) in [6.45, 7) is 5.38. The highest BCUT2D eigenvalue weighted by Crippen LogP contribution is 2.32. The number of rotatable bonds is 4. The second kappa shape index (κ2) is 4.78. The Morgan fingerprint density at radius 3 is 2.69 bits per heavy atom. The van der Waals surface area contributed by atoms with Gasteiger partial charge in [0.25, 0.3) is 0 Å². The lowest BCUT2D eigenvalue weighted by atomic mass is 9.97. The number of hydrogen-bond donors (Lipinski definition) is 2. The lowest BCUT2D eigenvalue weighted by Crippen LogP contribution is -2.26. The number of hydrogen-bond acceptors (Lipinski definition) is 3. The van der Waals surface area contributed by atoms with E-state index in [0.29, 0.717) is 5.75 Å². The van der Waals surface area contributed by atoms with Gasteiger partial charge in [-0.25, -0.2) is 0 Å². The van der Waals surface area contributed by atoms with E-state index in [-0.39, 0.29) is 0 Å². The van der Waals surface area contributed by atoms with Gasteiger partial charge in [0.05, 0.1) is 5.41 Å². The lowest BCUT2D eigenvalue weighted by molar-refractivity contribution is -0.145. The first-order valence-electron chi connectivity index (χ1n) is 5.06. The predicted molar refractivity (Wildman–Crippen MR) is 67.7 cm³/mol. The van der Waals surface area contributed by atoms with Crippen molar-refractivity contribution in [2.45, 2.75) is 25.7 Å². The standard InChI is InChI=1S/C12H17NO2S/c1-8-5-4-6-9(10(8)13)16-7-12(2,3)11(14)15/h4-6H,7,13H2,1-3H3,(H,14,15). The number of aryl methyl sites for hydroxylation is 1. The fourth-order valence-electron chi connectivity index (χ4n) is 1.10. The van der Waals surface area contributed by atoms with Crippen molar-refractivity contribution in [2.24, 2.45) is 5.41 Å². The summed E-state index contributed by atoms with van der Waals surface area (Å²) in [5, 5.41) is 9.00. The maximum atomic E-state index is 10.9. The van der Waals surface area contributed by atoms with Crippen LogP contribution in [-0.2, 0) is 4.79 Å². The highest BCUT2D eigenvalue weighted by atomic mass is 32.2. The molecule has 0 saturated carbocycles. The van der Waals surface area contributed by atoms with Gasteiger partial charge in [0, 0.05) is 16.3 Å². The first-order chi connectivity index (χ1) is 7.34. The molecule has 0 saturated heterocycles. The molecular weight excluding hydrogens is 222 g/mol. The van der Waals surface area contributed by atoms with Crippen molar-refractivity contribution in [3.8, 4) is 0 Å². The first kappa shape index (κ1) is 12.9. The van der Waals surface area contributed by atoms with Gasteiger partial charge in [-0.1, -0.05) is 12.1 Å². The van der Waals surface area contributed by atoms with Crippen molar-refractivity contribution in [1.29, 1.82) is 0 Å². The van der Waals surface area contributed by atoms with Crippen LogP contribution in [0, 0.1) is 12.3 Å². The summed E-state index contributed by atoms with van der Waals surface area (Å²) in [5.41, 5.74) is 6.95. The lowest BCUT2D eigenvalue weighted by Gasteiger charge is -2.19. The summed E-state index contributed by atoms with van der Waals surface area (Å²) in [4.78, 5) is 11.9. The van der Waals surface area contributed by atoms with E-state index < -0.39 is 11.4 Å². The van der Waals surface area contributed by atoms with Gasteiger partial charge in [-0.3, -0.25) is 4.79 Å². The number of anilines is 1. The molecule has 1 aromatic rings. The third kappa shape index (κ3) is 2.92. The Hall–Kier alpha value is -1.16. The maximum Gasteiger partial charge on any atom is 0.309 e. The van der Waals surface area contributed by atoms with E-state index in [1.54, 1.807) is 13.8 Å². The summed E-state index contributed by atoms with van der Waals surface area (Å²) in [5.74, 6) is -0.276. The minimum atomic E-state index is -0.786. The second-order valence-electron chi connectivity index (χ2n) is 4.46. The fraction of sp³-hybridized carbons (Fsp3) is 0.417. The molecule has 0 fully saturated rings. The van der Waals surface area contributed by atoms with Crippen LogP contribution in [0.3, 0.4) is 0 Å². The van der Waals surface area contributed by atoms with Crippen molar-refractivity contribution >= 4 is 23.4 Å². The topological polar surface area (TPSA) is 63.3 Å². The van der Waals surface area contributed by atoms with E-state index in [1.165, 1.54) is 11.8 Å². The first-order valence-corrected chi connectivity index (χ1v) is 6.04. The molecule has 0 radical (unpaired) electrons. The zero-order valence-electron chi connectivity index (χ0n) is 9.78. The van der Waals surface area contributed by atoms with Crippen LogP contribution in [0.4, 0.5) is 5.69 Å². The summed E-state index contributed by atoms with van der Waals surface area (Å²) in [6.07, 6.45) is 0. The Kier molecular flexibility index (Phi) is 3.86. The van der Waals surface area contributed by atoms with Gasteiger partial charge in [0.15, 0.2) is 0 Å². The third-order valence-corrected chi connectivity index (χ3v) is 3.98. The number of nitrogens with two attached hydrogens (primary N) is 1. The van der Waals surface area contributed by atoms with Gasteiger partial charge in [0.2, 0.25) is 0 Å². The Morgan fingerprint density at radius 1 is 1.50 bits per heavy atom. The SMILES string of the molecule is Cc1cccc(SCC(C)(C)C(=O)O)c1N. The fourth-order valence-corrected chi connectivity index (χ4v) is 2.23. The van der Waals surface area contributed by atoms with Gasteiger partial charge in [-0.2, -0.15) is 0 Å². The average Bonchev–Trinajstić information content (AvgIpc) is 2.20. The molecule has 1 aromatic carbocycles. The molecule has 3 N–H and O–H groups in total. The number of carboxylic acid groups (broad SMARTS) is 1. The Morgan fingerprint density at radius 2 is 2.12 bits per heavy atom. The van der Waals surface area contributed by atoms with Crippen LogP contribution in [0.25, 0.3) is 0 Å². The molecule has 0 amide bonds. The number of para-hydroxylation sites is 1.